The van der Waals surface area contributed by atoms with Crippen molar-refractivity contribution in [2.45, 2.75) is 12.3 Å². The predicted molar refractivity (Wildman–Crippen MR) is 258 cm³/mol. The van der Waals surface area contributed by atoms with E-state index >= 15 is 0 Å². The van der Waals surface area contributed by atoms with E-state index in [1.165, 1.54) is 49.5 Å². The van der Waals surface area contributed by atoms with E-state index in [2.05, 4.69) is 166 Å². The lowest BCUT2D eigenvalue weighted by molar-refractivity contribution is 0.820. The predicted octanol–water partition coefficient (Wildman–Crippen LogP) is 14.1. The molecule has 4 heterocycles. The zero-order chi connectivity index (χ0) is 41.4. The van der Waals surface area contributed by atoms with Crippen molar-refractivity contribution in [3.63, 3.8) is 0 Å². The zero-order valence-corrected chi connectivity index (χ0v) is 34.2. The molecule has 6 heteroatoms. The lowest BCUT2D eigenvalue weighted by Crippen LogP contribution is -2.14. The molecule has 2 aliphatic rings. The van der Waals surface area contributed by atoms with Crippen LogP contribution in [0, 0.1) is 0 Å². The lowest BCUT2D eigenvalue weighted by Gasteiger charge is -2.24. The molecule has 11 aromatic rings. The van der Waals surface area contributed by atoms with Crippen molar-refractivity contribution in [3.8, 4) is 45.5 Å². The van der Waals surface area contributed by atoms with Gasteiger partial charge in [0.25, 0.3) is 0 Å². The van der Waals surface area contributed by atoms with Gasteiger partial charge in [0.05, 0.1) is 22.1 Å². The fraction of sp³-hybridized carbons (Fsp3) is 0.0351. The summed E-state index contributed by atoms with van der Waals surface area (Å²) in [4.78, 5) is 17.4. The second-order valence-corrected chi connectivity index (χ2v) is 16.4. The Bertz CT molecular complexity index is 3540. The van der Waals surface area contributed by atoms with Crippen LogP contribution in [0.15, 0.2) is 218 Å². The minimum Gasteiger partial charge on any atom is -0.313 e. The largest absolute Gasteiger partial charge is 0.313 e. The molecule has 1 atom stereocenters. The molecule has 0 radical (unpaired) electrons. The highest BCUT2D eigenvalue weighted by molar-refractivity contribution is 6.13. The number of rotatable bonds is 6. The van der Waals surface area contributed by atoms with E-state index in [4.69, 9.17) is 15.0 Å². The standard InChI is InChI=1S/C57H38N6/c1-3-15-37(16-4-1)55-58-56(38-17-5-2-6-18-38)60-57(59-55)39-27-29-40(30-28-39)61-53-33-31-41(62-49-23-11-7-19-43(49)44-20-8-12-24-50(44)62)35-47(53)48-36-42(32-34-54(48)61)63-51-25-13-9-21-45(51)46-22-10-14-26-52(46)63/h1-21,23-36,46H,22H2. The number of hydrogen-bond donors (Lipinski definition) is 0. The van der Waals surface area contributed by atoms with Crippen LogP contribution in [0.1, 0.15) is 17.9 Å². The summed E-state index contributed by atoms with van der Waals surface area (Å²) in [7, 11) is 0. The van der Waals surface area contributed by atoms with Crippen molar-refractivity contribution in [1.29, 1.82) is 0 Å². The van der Waals surface area contributed by atoms with Gasteiger partial charge in [-0.2, -0.15) is 0 Å². The van der Waals surface area contributed by atoms with Gasteiger partial charge in [-0.05, 0) is 96.9 Å². The molecule has 0 saturated carbocycles. The van der Waals surface area contributed by atoms with Gasteiger partial charge in [0.1, 0.15) is 0 Å². The van der Waals surface area contributed by atoms with Crippen LogP contribution in [0.4, 0.5) is 11.4 Å². The number of fused-ring (bicyclic) bond motifs is 9. The molecule has 0 saturated heterocycles. The number of benzene rings is 8. The number of nitrogens with zero attached hydrogens (tertiary/aromatic N) is 6. The normalized spacial score (nSPS) is 14.4. The quantitative estimate of drug-likeness (QED) is 0.168. The minimum atomic E-state index is 0.348. The van der Waals surface area contributed by atoms with E-state index in [0.717, 1.165) is 51.2 Å². The Morgan fingerprint density at radius 3 is 1.51 bits per heavy atom. The van der Waals surface area contributed by atoms with Crippen LogP contribution in [0.25, 0.3) is 89.2 Å². The number of anilines is 2. The Hall–Kier alpha value is -8.35. The summed E-state index contributed by atoms with van der Waals surface area (Å²) >= 11 is 0. The Kier molecular flexibility index (Phi) is 7.93. The van der Waals surface area contributed by atoms with Crippen LogP contribution >= 0.6 is 0 Å². The van der Waals surface area contributed by atoms with Crippen LogP contribution in [0.3, 0.4) is 0 Å². The third kappa shape index (κ3) is 5.62. The fourth-order valence-electron chi connectivity index (χ4n) is 10.0. The first kappa shape index (κ1) is 35.4. The number of allylic oxidation sites excluding steroid dienone is 4. The van der Waals surface area contributed by atoms with Gasteiger partial charge < -0.3 is 14.0 Å². The van der Waals surface area contributed by atoms with Gasteiger partial charge in [-0.15, -0.1) is 0 Å². The summed E-state index contributed by atoms with van der Waals surface area (Å²) in [5.41, 5.74) is 14.8. The van der Waals surface area contributed by atoms with Gasteiger partial charge in [-0.1, -0.05) is 127 Å². The van der Waals surface area contributed by atoms with E-state index < -0.39 is 0 Å². The molecule has 0 N–H and O–H groups in total. The maximum absolute atomic E-state index is 5.02. The van der Waals surface area contributed by atoms with E-state index in [1.54, 1.807) is 0 Å². The molecule has 6 nitrogen and oxygen atoms in total. The van der Waals surface area contributed by atoms with Gasteiger partial charge in [0.15, 0.2) is 17.5 Å². The van der Waals surface area contributed by atoms with Crippen molar-refractivity contribution in [2.24, 2.45) is 0 Å². The highest BCUT2D eigenvalue weighted by atomic mass is 15.2. The molecule has 63 heavy (non-hydrogen) atoms. The smallest absolute Gasteiger partial charge is 0.164 e. The molecule has 1 aliphatic heterocycles. The van der Waals surface area contributed by atoms with Crippen LogP contribution in [-0.4, -0.2) is 24.1 Å². The maximum Gasteiger partial charge on any atom is 0.164 e. The number of aromatic nitrogens is 5. The van der Waals surface area contributed by atoms with Crippen molar-refractivity contribution in [1.82, 2.24) is 24.1 Å². The molecule has 0 bridgehead atoms. The Morgan fingerprint density at radius 2 is 0.873 bits per heavy atom. The summed E-state index contributed by atoms with van der Waals surface area (Å²) in [5, 5.41) is 4.88. The SMILES string of the molecule is C1=CCC2C(=C1)N(c1ccc3c(c1)c1cc(-n4c5ccccc5c5ccccc54)ccc1n3-c1ccc(-c3nc(-c4ccccc4)nc(-c4ccccc4)n3)cc1)c1ccccc12. The van der Waals surface area contributed by atoms with Crippen molar-refractivity contribution in [2.75, 3.05) is 4.90 Å². The van der Waals surface area contributed by atoms with Crippen LogP contribution in [-0.2, 0) is 0 Å². The van der Waals surface area contributed by atoms with Gasteiger partial charge in [-0.3, -0.25) is 0 Å². The van der Waals surface area contributed by atoms with Gasteiger partial charge in [-0.25, -0.2) is 15.0 Å². The fourth-order valence-corrected chi connectivity index (χ4v) is 10.0. The Labute approximate surface area is 364 Å². The molecular formula is C57H38N6. The molecule has 296 valence electrons. The lowest BCUT2D eigenvalue weighted by atomic mass is 9.92. The highest BCUT2D eigenvalue weighted by Crippen LogP contribution is 2.51. The van der Waals surface area contributed by atoms with Gasteiger partial charge in [0.2, 0.25) is 0 Å². The first-order valence-electron chi connectivity index (χ1n) is 21.6. The van der Waals surface area contributed by atoms with Crippen molar-refractivity contribution in [3.05, 3.63) is 224 Å². The van der Waals surface area contributed by atoms with E-state index in [1.807, 2.05) is 60.7 Å². The summed E-state index contributed by atoms with van der Waals surface area (Å²) in [5.74, 6) is 2.27. The topological polar surface area (TPSA) is 51.8 Å². The average molecular weight is 807 g/mol. The van der Waals surface area contributed by atoms with Gasteiger partial charge in [0, 0.05) is 72.6 Å². The van der Waals surface area contributed by atoms with Crippen LogP contribution in [0.2, 0.25) is 0 Å². The third-order valence-electron chi connectivity index (χ3n) is 12.9. The first-order chi connectivity index (χ1) is 31.2. The first-order valence-corrected chi connectivity index (χ1v) is 21.6. The van der Waals surface area contributed by atoms with Crippen LogP contribution in [0.5, 0.6) is 0 Å². The Morgan fingerprint density at radius 1 is 0.397 bits per heavy atom. The number of para-hydroxylation sites is 3. The molecule has 3 aromatic heterocycles. The molecule has 8 aromatic carbocycles. The molecule has 1 unspecified atom stereocenters. The summed E-state index contributed by atoms with van der Waals surface area (Å²) in [6.45, 7) is 0. The summed E-state index contributed by atoms with van der Waals surface area (Å²) in [6.07, 6.45) is 7.79. The van der Waals surface area contributed by atoms with E-state index in [9.17, 15) is 0 Å². The maximum atomic E-state index is 5.02. The van der Waals surface area contributed by atoms with Crippen molar-refractivity contribution < 1.29 is 0 Å². The monoisotopic (exact) mass is 806 g/mol. The number of hydrogen-bond acceptors (Lipinski definition) is 4. The van der Waals surface area contributed by atoms with E-state index in [-0.39, 0.29) is 0 Å². The highest BCUT2D eigenvalue weighted by Gasteiger charge is 2.34. The summed E-state index contributed by atoms with van der Waals surface area (Å²) in [6, 6.07) is 69.2. The summed E-state index contributed by atoms with van der Waals surface area (Å²) < 4.78 is 4.81. The van der Waals surface area contributed by atoms with Crippen LogP contribution < -0.4 is 4.90 Å². The average Bonchev–Trinajstić information content (AvgIpc) is 4.00. The molecule has 13 rings (SSSR count). The second kappa shape index (κ2) is 14.1. The van der Waals surface area contributed by atoms with E-state index in [0.29, 0.717) is 23.4 Å². The molecule has 0 fully saturated rings. The zero-order valence-electron chi connectivity index (χ0n) is 34.2. The molecular weight excluding hydrogens is 769 g/mol. The Balaban J connectivity index is 0.998. The second-order valence-electron chi connectivity index (χ2n) is 16.4. The minimum absolute atomic E-state index is 0.348. The molecule has 1 aliphatic carbocycles. The molecule has 0 spiro atoms. The third-order valence-corrected chi connectivity index (χ3v) is 12.9. The van der Waals surface area contributed by atoms with Gasteiger partial charge >= 0.3 is 0 Å². The van der Waals surface area contributed by atoms with Crippen molar-refractivity contribution >= 4 is 55.0 Å². The molecule has 0 amide bonds.